The van der Waals surface area contributed by atoms with Gasteiger partial charge >= 0.3 is 0 Å². The second-order valence-corrected chi connectivity index (χ2v) is 6.02. The van der Waals surface area contributed by atoms with Crippen LogP contribution in [-0.4, -0.2) is 16.3 Å². The van der Waals surface area contributed by atoms with E-state index in [0.29, 0.717) is 0 Å². The van der Waals surface area contributed by atoms with Crippen LogP contribution >= 0.6 is 15.9 Å². The molecule has 0 aromatic carbocycles. The Morgan fingerprint density at radius 1 is 1.33 bits per heavy atom. The molecule has 18 heavy (non-hydrogen) atoms. The summed E-state index contributed by atoms with van der Waals surface area (Å²) in [6.07, 6.45) is 3.91. The Bertz CT molecular complexity index is 358. The van der Waals surface area contributed by atoms with Crippen molar-refractivity contribution in [3.8, 4) is 0 Å². The quantitative estimate of drug-likeness (QED) is 0.737. The number of hydrogen-bond acceptors (Lipinski definition) is 2. The summed E-state index contributed by atoms with van der Waals surface area (Å²) >= 11 is 3.62. The number of hydrogen-bond donors (Lipinski definition) is 1. The van der Waals surface area contributed by atoms with Gasteiger partial charge in [-0.05, 0) is 48.7 Å². The number of halogens is 1. The van der Waals surface area contributed by atoms with Crippen molar-refractivity contribution in [3.63, 3.8) is 0 Å². The topological polar surface area (TPSA) is 29.9 Å². The normalized spacial score (nSPS) is 11.4. The monoisotopic (exact) mass is 315 g/mol. The van der Waals surface area contributed by atoms with Crippen LogP contribution in [0.2, 0.25) is 0 Å². The Kier molecular flexibility index (Phi) is 6.94. The van der Waals surface area contributed by atoms with Gasteiger partial charge in [-0.25, -0.2) is 0 Å². The van der Waals surface area contributed by atoms with Crippen molar-refractivity contribution in [1.29, 1.82) is 0 Å². The summed E-state index contributed by atoms with van der Waals surface area (Å²) in [5.41, 5.74) is 2.34. The molecule has 0 aliphatic carbocycles. The minimum atomic E-state index is 0.823. The number of aromatic nitrogens is 2. The van der Waals surface area contributed by atoms with E-state index in [-0.39, 0.29) is 0 Å². The maximum absolute atomic E-state index is 4.50. The molecule has 0 bridgehead atoms. The van der Waals surface area contributed by atoms with Gasteiger partial charge in [-0.3, -0.25) is 4.68 Å². The van der Waals surface area contributed by atoms with Crippen LogP contribution in [0.3, 0.4) is 0 Å². The standard InChI is InChI=1S/C14H26BrN3/c1-5-18-13(14(15)12(4)17-18)10-16-9-7-6-8-11(2)3/h11,16H,5-10H2,1-4H3. The van der Waals surface area contributed by atoms with Gasteiger partial charge in [0.25, 0.3) is 0 Å². The first-order valence-corrected chi connectivity index (χ1v) is 7.78. The summed E-state index contributed by atoms with van der Waals surface area (Å²) in [7, 11) is 0. The summed E-state index contributed by atoms with van der Waals surface area (Å²) < 4.78 is 3.22. The highest BCUT2D eigenvalue weighted by molar-refractivity contribution is 9.10. The average Bonchev–Trinajstić information content (AvgIpc) is 2.60. The zero-order valence-electron chi connectivity index (χ0n) is 12.1. The lowest BCUT2D eigenvalue weighted by Crippen LogP contribution is -2.18. The highest BCUT2D eigenvalue weighted by atomic mass is 79.9. The van der Waals surface area contributed by atoms with E-state index < -0.39 is 0 Å². The van der Waals surface area contributed by atoms with Crippen LogP contribution in [0.15, 0.2) is 4.47 Å². The molecule has 0 saturated carbocycles. The summed E-state index contributed by atoms with van der Waals surface area (Å²) in [5.74, 6) is 0.823. The van der Waals surface area contributed by atoms with Crippen LogP contribution in [-0.2, 0) is 13.1 Å². The lowest BCUT2D eigenvalue weighted by atomic mass is 10.1. The van der Waals surface area contributed by atoms with Crippen molar-refractivity contribution in [2.24, 2.45) is 5.92 Å². The molecule has 3 nitrogen and oxygen atoms in total. The highest BCUT2D eigenvalue weighted by Crippen LogP contribution is 2.20. The molecular weight excluding hydrogens is 290 g/mol. The predicted molar refractivity (Wildman–Crippen MR) is 80.7 cm³/mol. The summed E-state index contributed by atoms with van der Waals surface area (Å²) in [6, 6.07) is 0. The predicted octanol–water partition coefficient (Wildman–Crippen LogP) is 3.89. The van der Waals surface area contributed by atoms with Crippen molar-refractivity contribution >= 4 is 15.9 Å². The van der Waals surface area contributed by atoms with Crippen molar-refractivity contribution in [2.75, 3.05) is 6.54 Å². The molecule has 0 spiro atoms. The van der Waals surface area contributed by atoms with Gasteiger partial charge in [-0.1, -0.05) is 26.7 Å². The smallest absolute Gasteiger partial charge is 0.0739 e. The maximum atomic E-state index is 4.50. The van der Waals surface area contributed by atoms with E-state index in [1.54, 1.807) is 0 Å². The number of nitrogens with one attached hydrogen (secondary N) is 1. The fourth-order valence-corrected chi connectivity index (χ4v) is 2.47. The van der Waals surface area contributed by atoms with E-state index in [1.165, 1.54) is 25.0 Å². The minimum absolute atomic E-state index is 0.823. The highest BCUT2D eigenvalue weighted by Gasteiger charge is 2.10. The molecule has 1 aromatic rings. The molecule has 1 N–H and O–H groups in total. The fraction of sp³-hybridized carbons (Fsp3) is 0.786. The molecule has 4 heteroatoms. The molecule has 0 atom stereocenters. The van der Waals surface area contributed by atoms with Crippen LogP contribution in [0.25, 0.3) is 0 Å². The van der Waals surface area contributed by atoms with Gasteiger partial charge < -0.3 is 5.32 Å². The van der Waals surface area contributed by atoms with Gasteiger partial charge in [0.05, 0.1) is 15.9 Å². The second kappa shape index (κ2) is 7.95. The molecule has 0 amide bonds. The van der Waals surface area contributed by atoms with E-state index in [1.807, 2.05) is 6.92 Å². The van der Waals surface area contributed by atoms with Crippen LogP contribution in [0.1, 0.15) is 51.4 Å². The zero-order valence-corrected chi connectivity index (χ0v) is 13.7. The first-order chi connectivity index (χ1) is 8.56. The molecule has 0 saturated heterocycles. The van der Waals surface area contributed by atoms with Crippen LogP contribution in [0.4, 0.5) is 0 Å². The molecule has 1 rings (SSSR count). The average molecular weight is 316 g/mol. The van der Waals surface area contributed by atoms with Crippen LogP contribution in [0.5, 0.6) is 0 Å². The summed E-state index contributed by atoms with van der Waals surface area (Å²) in [4.78, 5) is 0. The van der Waals surface area contributed by atoms with Gasteiger partial charge in [-0.15, -0.1) is 0 Å². The molecule has 0 radical (unpaired) electrons. The van der Waals surface area contributed by atoms with Gasteiger partial charge in [0.15, 0.2) is 0 Å². The van der Waals surface area contributed by atoms with Gasteiger partial charge in [-0.2, -0.15) is 5.10 Å². The third kappa shape index (κ3) is 4.73. The van der Waals surface area contributed by atoms with Gasteiger partial charge in [0.1, 0.15) is 0 Å². The fourth-order valence-electron chi connectivity index (χ4n) is 2.05. The SMILES string of the molecule is CCn1nc(C)c(Br)c1CNCCCCC(C)C. The molecule has 0 unspecified atom stereocenters. The Labute approximate surface area is 119 Å². The number of aryl methyl sites for hydroxylation is 2. The molecule has 0 fully saturated rings. The van der Waals surface area contributed by atoms with Gasteiger partial charge in [0.2, 0.25) is 0 Å². The lowest BCUT2D eigenvalue weighted by Gasteiger charge is -2.08. The van der Waals surface area contributed by atoms with Gasteiger partial charge in [0, 0.05) is 13.1 Å². The lowest BCUT2D eigenvalue weighted by molar-refractivity contribution is 0.512. The molecule has 104 valence electrons. The Hall–Kier alpha value is -0.350. The Morgan fingerprint density at radius 2 is 2.06 bits per heavy atom. The van der Waals surface area contributed by atoms with Crippen molar-refractivity contribution in [3.05, 3.63) is 15.9 Å². The first-order valence-electron chi connectivity index (χ1n) is 6.98. The second-order valence-electron chi connectivity index (χ2n) is 5.23. The van der Waals surface area contributed by atoms with Crippen molar-refractivity contribution in [2.45, 2.75) is 60.0 Å². The van der Waals surface area contributed by atoms with E-state index in [2.05, 4.69) is 51.8 Å². The van der Waals surface area contributed by atoms with E-state index in [0.717, 1.165) is 35.7 Å². The third-order valence-electron chi connectivity index (χ3n) is 3.13. The zero-order chi connectivity index (χ0) is 13.5. The van der Waals surface area contributed by atoms with Crippen molar-refractivity contribution < 1.29 is 0 Å². The summed E-state index contributed by atoms with van der Waals surface area (Å²) in [5, 5.41) is 8.01. The van der Waals surface area contributed by atoms with Crippen LogP contribution in [0, 0.1) is 12.8 Å². The largest absolute Gasteiger partial charge is 0.311 e. The maximum Gasteiger partial charge on any atom is 0.0739 e. The minimum Gasteiger partial charge on any atom is -0.311 e. The Balaban J connectivity index is 2.31. The molecular formula is C14H26BrN3. The van der Waals surface area contributed by atoms with E-state index in [4.69, 9.17) is 0 Å². The molecule has 0 aliphatic rings. The third-order valence-corrected chi connectivity index (χ3v) is 4.16. The number of unbranched alkanes of at least 4 members (excludes halogenated alkanes) is 1. The first kappa shape index (κ1) is 15.7. The molecule has 0 aliphatic heterocycles. The van der Waals surface area contributed by atoms with Crippen LogP contribution < -0.4 is 5.32 Å². The Morgan fingerprint density at radius 3 is 2.67 bits per heavy atom. The van der Waals surface area contributed by atoms with E-state index >= 15 is 0 Å². The number of nitrogens with zero attached hydrogens (tertiary/aromatic N) is 2. The number of rotatable bonds is 8. The summed E-state index contributed by atoms with van der Waals surface area (Å²) in [6.45, 7) is 11.7. The van der Waals surface area contributed by atoms with Crippen molar-refractivity contribution in [1.82, 2.24) is 15.1 Å². The van der Waals surface area contributed by atoms with E-state index in [9.17, 15) is 0 Å². The molecule has 1 aromatic heterocycles. The molecule has 1 heterocycles.